The van der Waals surface area contributed by atoms with Crippen molar-refractivity contribution >= 4 is 72.5 Å². The Labute approximate surface area is 411 Å². The zero-order chi connectivity index (χ0) is 49.1. The number of anilines is 1. The van der Waals surface area contributed by atoms with E-state index in [4.69, 9.17) is 19.4 Å². The highest BCUT2D eigenvalue weighted by Crippen LogP contribution is 2.46. The largest absolute Gasteiger partial charge is 0.497 e. The summed E-state index contributed by atoms with van der Waals surface area (Å²) in [4.78, 5) is 68.0. The molecule has 3 fully saturated rings. The number of thiazole rings is 1. The topological polar surface area (TPSA) is 221 Å². The number of methoxy groups -OCH3 is 1. The Morgan fingerprint density at radius 3 is 2.55 bits per heavy atom. The lowest BCUT2D eigenvalue weighted by atomic mass is 9.70. The van der Waals surface area contributed by atoms with Gasteiger partial charge < -0.3 is 40.7 Å². The number of carboxylic acid groups (broad SMARTS) is 1. The van der Waals surface area contributed by atoms with E-state index in [1.807, 2.05) is 37.4 Å². The van der Waals surface area contributed by atoms with Crippen molar-refractivity contribution in [1.29, 1.82) is 0 Å². The van der Waals surface area contributed by atoms with Gasteiger partial charge in [0.2, 0.25) is 11.8 Å². The number of fused-ring (bicyclic) bond motifs is 3. The van der Waals surface area contributed by atoms with Crippen molar-refractivity contribution < 1.29 is 42.2 Å². The number of urea groups is 1. The highest BCUT2D eigenvalue weighted by molar-refractivity contribution is 7.91. The minimum absolute atomic E-state index is 0.0205. The minimum Gasteiger partial charge on any atom is -0.497 e. The number of carbonyl (C=O) groups excluding carboxylic acids is 3. The molecule has 0 radical (unpaired) electrons. The molecular weight excluding hydrogens is 941 g/mol. The second-order valence-corrected chi connectivity index (χ2v) is 23.6. The highest BCUT2D eigenvalue weighted by atomic mass is 32.2. The van der Waals surface area contributed by atoms with Gasteiger partial charge >= 0.3 is 12.0 Å². The summed E-state index contributed by atoms with van der Waals surface area (Å²) in [5.74, 6) is -1.64. The molecule has 5 N–H and O–H groups in total. The van der Waals surface area contributed by atoms with Crippen LogP contribution in [0, 0.1) is 11.3 Å². The normalized spacial score (nSPS) is 25.1. The number of carbonyl (C=O) groups is 4. The molecule has 0 spiro atoms. The van der Waals surface area contributed by atoms with Crippen LogP contribution in [0.4, 0.5) is 9.93 Å². The molecule has 1 unspecified atom stereocenters. The van der Waals surface area contributed by atoms with Crippen LogP contribution in [-0.4, -0.2) is 120 Å². The summed E-state index contributed by atoms with van der Waals surface area (Å²) < 4.78 is 41.1. The minimum atomic E-state index is -3.83. The number of hydrogen-bond acceptors (Lipinski definition) is 13. The molecule has 1 aromatic carbocycles. The summed E-state index contributed by atoms with van der Waals surface area (Å²) in [6, 6.07) is 7.23. The van der Waals surface area contributed by atoms with E-state index in [0.717, 1.165) is 61.4 Å². The van der Waals surface area contributed by atoms with Crippen molar-refractivity contribution in [3.63, 3.8) is 0 Å². The fourth-order valence-electron chi connectivity index (χ4n) is 9.99. The summed E-state index contributed by atoms with van der Waals surface area (Å²) in [6.45, 7) is 6.12. The Morgan fingerprint density at radius 1 is 1.04 bits per heavy atom. The molecule has 8 rings (SSSR count). The van der Waals surface area contributed by atoms with Crippen LogP contribution in [0.25, 0.3) is 22.3 Å². The van der Waals surface area contributed by atoms with E-state index in [9.17, 15) is 27.9 Å². The number of aliphatic carboxylic acids is 1. The fraction of sp³-hybridized carbons (Fsp3) is 0.551. The lowest BCUT2D eigenvalue weighted by Gasteiger charge is -2.42. The van der Waals surface area contributed by atoms with Gasteiger partial charge in [-0.3, -0.25) is 9.59 Å². The Hall–Kier alpha value is -5.31. The molecule has 0 bridgehead atoms. The first-order valence-corrected chi connectivity index (χ1v) is 27.2. The third-order valence-corrected chi connectivity index (χ3v) is 18.1. The number of benzene rings is 1. The van der Waals surface area contributed by atoms with Gasteiger partial charge in [-0.15, -0.1) is 22.7 Å². The van der Waals surface area contributed by atoms with E-state index in [0.29, 0.717) is 46.6 Å². The van der Waals surface area contributed by atoms with Crippen LogP contribution < -0.4 is 30.7 Å². The zero-order valence-corrected chi connectivity index (χ0v) is 42.3. The third-order valence-electron chi connectivity index (χ3n) is 14.1. The number of nitrogens with zero attached hydrogens (tertiary/aromatic N) is 4. The molecule has 5 heterocycles. The molecule has 4 amide bonds. The summed E-state index contributed by atoms with van der Waals surface area (Å²) in [6.07, 6.45) is 10.9. The van der Waals surface area contributed by atoms with Crippen LogP contribution in [-0.2, 0) is 24.4 Å². The van der Waals surface area contributed by atoms with Gasteiger partial charge in [0.05, 0.1) is 24.9 Å². The molecule has 4 aliphatic rings. The SMILES string of the molecule is COc1ccc2c(O[C@@H]3C[C@H]4C(=O)N[C@]5(C(=O)O)CC5/C=C\CCCCC[C@@H](NC(=O)N[C@H](CN(C)S(=O)(=O)c5cccs5)C5(C)CCCCC5)C(=O)N4C3)cc(-c3csc(NC(C)C)n3)nc2c1. The van der Waals surface area contributed by atoms with Gasteiger partial charge in [0.25, 0.3) is 10.0 Å². The molecule has 20 heteroatoms. The highest BCUT2D eigenvalue weighted by Gasteiger charge is 2.61. The summed E-state index contributed by atoms with van der Waals surface area (Å²) >= 11 is 2.58. The average molecular weight is 1010 g/mol. The average Bonchev–Trinajstić information content (AvgIpc) is 3.79. The molecule has 372 valence electrons. The van der Waals surface area contributed by atoms with Crippen molar-refractivity contribution in [3.05, 3.63) is 59.3 Å². The number of amides is 4. The van der Waals surface area contributed by atoms with E-state index in [1.165, 1.54) is 27.6 Å². The summed E-state index contributed by atoms with van der Waals surface area (Å²) in [5.41, 5.74) is -0.188. The maximum Gasteiger partial charge on any atom is 0.330 e. The van der Waals surface area contributed by atoms with Crippen LogP contribution in [0.2, 0.25) is 0 Å². The quantitative estimate of drug-likeness (QED) is 0.0780. The number of thiophene rings is 1. The van der Waals surface area contributed by atoms with Crippen molar-refractivity contribution in [2.75, 3.05) is 32.6 Å². The molecule has 2 saturated carbocycles. The number of rotatable bonds is 14. The number of likely N-dealkylation sites (N-methyl/N-ethyl adjacent to an activating group) is 1. The Bertz CT molecular complexity index is 2650. The van der Waals surface area contributed by atoms with E-state index >= 15 is 4.79 Å². The van der Waals surface area contributed by atoms with Gasteiger partial charge in [0.1, 0.15) is 45.1 Å². The maximum absolute atomic E-state index is 15.1. The number of hydrogen-bond donors (Lipinski definition) is 5. The van der Waals surface area contributed by atoms with Crippen LogP contribution in [0.3, 0.4) is 0 Å². The maximum atomic E-state index is 15.1. The smallest absolute Gasteiger partial charge is 0.330 e. The molecule has 17 nitrogen and oxygen atoms in total. The monoisotopic (exact) mass is 1000 g/mol. The van der Waals surface area contributed by atoms with Gasteiger partial charge in [-0.2, -0.15) is 4.31 Å². The zero-order valence-electron chi connectivity index (χ0n) is 39.9. The third kappa shape index (κ3) is 11.2. The molecule has 4 aromatic rings. The number of sulfonamides is 1. The molecule has 3 aromatic heterocycles. The van der Waals surface area contributed by atoms with E-state index < -0.39 is 74.9 Å². The molecular formula is C49H64N8O9S3. The van der Waals surface area contributed by atoms with Crippen molar-refractivity contribution in [2.45, 2.75) is 138 Å². The van der Waals surface area contributed by atoms with Crippen molar-refractivity contribution in [1.82, 2.24) is 35.1 Å². The lowest BCUT2D eigenvalue weighted by Crippen LogP contribution is -2.60. The summed E-state index contributed by atoms with van der Waals surface area (Å²) in [5, 5.41) is 27.7. The van der Waals surface area contributed by atoms with Gasteiger partial charge in [0, 0.05) is 60.9 Å². The van der Waals surface area contributed by atoms with Gasteiger partial charge in [-0.25, -0.2) is 28.0 Å². The Morgan fingerprint density at radius 2 is 1.83 bits per heavy atom. The Kier molecular flexibility index (Phi) is 15.2. The van der Waals surface area contributed by atoms with Crippen LogP contribution >= 0.6 is 22.7 Å². The van der Waals surface area contributed by atoms with Crippen molar-refractivity contribution in [2.24, 2.45) is 11.3 Å². The number of carboxylic acids is 1. The standard InChI is InChI=1S/C49H64N8O9S3/c1-30(2)50-47-53-38(29-68-47)37-25-40(34-19-18-32(65-5)23-36(34)51-37)66-33-24-39-43(58)55-49(45(60)61)26-31(49)15-10-7-6-8-11-16-35(44(59)57(39)27-33)52-46(62)54-41(48(3)20-12-9-13-21-48)28-56(4)69(63,64)42-17-14-22-67-42/h10,14-15,17-19,22-23,25,29-31,33,35,39,41H,6-9,11-13,16,20-21,24,26-28H2,1-5H3,(H,50,53)(H,55,58)(H,60,61)(H2,52,54,62)/b15-10-/t31?,33-,35-,39+,41-,49-/m1/s1. The second-order valence-electron chi connectivity index (χ2n) is 19.5. The molecule has 1 saturated heterocycles. The fourth-order valence-corrected chi connectivity index (χ4v) is 13.2. The van der Waals surface area contributed by atoms with Crippen molar-refractivity contribution in [3.8, 4) is 22.9 Å². The first-order chi connectivity index (χ1) is 33.0. The van der Waals surface area contributed by atoms with Crippen LogP contribution in [0.1, 0.15) is 97.8 Å². The number of ether oxygens (including phenoxy) is 2. The first-order valence-electron chi connectivity index (χ1n) is 24.0. The van der Waals surface area contributed by atoms with Gasteiger partial charge in [-0.1, -0.05) is 57.2 Å². The number of pyridine rings is 1. The van der Waals surface area contributed by atoms with Gasteiger partial charge in [0.15, 0.2) is 5.13 Å². The Balaban J connectivity index is 1.09. The molecule has 69 heavy (non-hydrogen) atoms. The van der Waals surface area contributed by atoms with E-state index in [1.54, 1.807) is 42.8 Å². The van der Waals surface area contributed by atoms with E-state index in [2.05, 4.69) is 28.2 Å². The molecule has 2 aliphatic heterocycles. The van der Waals surface area contributed by atoms with Crippen LogP contribution in [0.15, 0.2) is 63.5 Å². The lowest BCUT2D eigenvalue weighted by molar-refractivity contribution is -0.145. The second kappa shape index (κ2) is 21.0. The van der Waals surface area contributed by atoms with Crippen LogP contribution in [0.5, 0.6) is 11.5 Å². The summed E-state index contributed by atoms with van der Waals surface area (Å²) in [7, 11) is -0.740. The van der Waals surface area contributed by atoms with Gasteiger partial charge in [-0.05, 0) is 81.4 Å². The predicted molar refractivity (Wildman–Crippen MR) is 266 cm³/mol. The number of allylic oxidation sites excluding steroid dienone is 1. The van der Waals surface area contributed by atoms with E-state index in [-0.39, 0.29) is 42.6 Å². The predicted octanol–water partition coefficient (Wildman–Crippen LogP) is 7.40. The number of aromatic nitrogens is 2. The molecule has 2 aliphatic carbocycles. The first kappa shape index (κ1) is 50.1. The number of nitrogens with one attached hydrogen (secondary N) is 4. The molecule has 6 atom stereocenters.